The van der Waals surface area contributed by atoms with Crippen LogP contribution < -0.4 is 16.4 Å². The molecule has 0 heterocycles. The molecular formula is C14H23N3O2. The third kappa shape index (κ3) is 5.18. The summed E-state index contributed by atoms with van der Waals surface area (Å²) in [5.41, 5.74) is 7.97. The molecule has 0 aromatic heterocycles. The molecule has 4 N–H and O–H groups in total. The van der Waals surface area contributed by atoms with Crippen LogP contribution in [0.5, 0.6) is 0 Å². The first-order chi connectivity index (χ1) is 9.19. The number of hydrogen-bond acceptors (Lipinski definition) is 4. The lowest BCUT2D eigenvalue weighted by Crippen LogP contribution is -2.22. The second-order valence-electron chi connectivity index (χ2n) is 4.29. The van der Waals surface area contributed by atoms with Crippen molar-refractivity contribution in [2.75, 3.05) is 37.9 Å². The van der Waals surface area contributed by atoms with Crippen molar-refractivity contribution in [3.63, 3.8) is 0 Å². The fraction of sp³-hybridized carbons (Fsp3) is 0.500. The Morgan fingerprint density at radius 2 is 2.16 bits per heavy atom. The predicted molar refractivity (Wildman–Crippen MR) is 78.5 cm³/mol. The van der Waals surface area contributed by atoms with E-state index in [4.69, 9.17) is 10.5 Å². The van der Waals surface area contributed by atoms with E-state index in [-0.39, 0.29) is 5.91 Å². The van der Waals surface area contributed by atoms with Gasteiger partial charge in [0.15, 0.2) is 0 Å². The van der Waals surface area contributed by atoms with Gasteiger partial charge in [-0.25, -0.2) is 0 Å². The summed E-state index contributed by atoms with van der Waals surface area (Å²) in [4.78, 5) is 11.7. The highest BCUT2D eigenvalue weighted by Gasteiger charge is 2.07. The smallest absolute Gasteiger partial charge is 0.251 e. The van der Waals surface area contributed by atoms with Crippen molar-refractivity contribution >= 4 is 17.3 Å². The number of carbonyl (C=O) groups excluding carboxylic acids is 1. The Labute approximate surface area is 114 Å². The number of benzene rings is 1. The summed E-state index contributed by atoms with van der Waals surface area (Å²) in [5, 5.41) is 6.02. The van der Waals surface area contributed by atoms with Gasteiger partial charge >= 0.3 is 0 Å². The summed E-state index contributed by atoms with van der Waals surface area (Å²) in [6.45, 7) is 4.08. The SMILES string of the molecule is CCNC(=O)c1ccc(N)c(NCCCCOC)c1. The molecule has 106 valence electrons. The molecule has 0 radical (unpaired) electrons. The van der Waals surface area contributed by atoms with Gasteiger partial charge in [0, 0.05) is 32.4 Å². The number of ether oxygens (including phenoxy) is 1. The van der Waals surface area contributed by atoms with E-state index in [0.29, 0.717) is 17.8 Å². The molecule has 1 rings (SSSR count). The van der Waals surface area contributed by atoms with E-state index in [1.54, 1.807) is 25.3 Å². The monoisotopic (exact) mass is 265 g/mol. The average Bonchev–Trinajstić information content (AvgIpc) is 2.40. The Kier molecular flexibility index (Phi) is 6.74. The van der Waals surface area contributed by atoms with E-state index in [9.17, 15) is 4.79 Å². The van der Waals surface area contributed by atoms with Crippen molar-refractivity contribution in [3.8, 4) is 0 Å². The first-order valence-corrected chi connectivity index (χ1v) is 6.59. The Morgan fingerprint density at radius 1 is 1.37 bits per heavy atom. The number of nitrogens with two attached hydrogens (primary N) is 1. The fourth-order valence-corrected chi connectivity index (χ4v) is 1.71. The first-order valence-electron chi connectivity index (χ1n) is 6.59. The van der Waals surface area contributed by atoms with Crippen molar-refractivity contribution in [1.82, 2.24) is 5.32 Å². The number of unbranched alkanes of at least 4 members (excludes halogenated alkanes) is 1. The lowest BCUT2D eigenvalue weighted by Gasteiger charge is -2.11. The molecule has 0 aliphatic carbocycles. The minimum absolute atomic E-state index is 0.0788. The molecule has 0 fully saturated rings. The molecule has 0 saturated heterocycles. The van der Waals surface area contributed by atoms with Gasteiger partial charge in [-0.15, -0.1) is 0 Å². The average molecular weight is 265 g/mol. The molecule has 0 spiro atoms. The molecule has 1 aromatic carbocycles. The fourth-order valence-electron chi connectivity index (χ4n) is 1.71. The van der Waals surface area contributed by atoms with Gasteiger partial charge in [-0.3, -0.25) is 4.79 Å². The Hall–Kier alpha value is -1.75. The number of carbonyl (C=O) groups is 1. The third-order valence-electron chi connectivity index (χ3n) is 2.74. The minimum atomic E-state index is -0.0788. The van der Waals surface area contributed by atoms with Crippen molar-refractivity contribution in [2.45, 2.75) is 19.8 Å². The maximum atomic E-state index is 11.7. The van der Waals surface area contributed by atoms with Crippen LogP contribution in [0.25, 0.3) is 0 Å². The van der Waals surface area contributed by atoms with Crippen molar-refractivity contribution < 1.29 is 9.53 Å². The summed E-state index contributed by atoms with van der Waals surface area (Å²) in [7, 11) is 1.70. The maximum Gasteiger partial charge on any atom is 0.251 e. The standard InChI is InChI=1S/C14H23N3O2/c1-3-16-14(18)11-6-7-12(15)13(10-11)17-8-4-5-9-19-2/h6-7,10,17H,3-5,8-9,15H2,1-2H3,(H,16,18). The van der Waals surface area contributed by atoms with Crippen LogP contribution in [-0.4, -0.2) is 32.7 Å². The summed E-state index contributed by atoms with van der Waals surface area (Å²) >= 11 is 0. The molecule has 1 aromatic rings. The van der Waals surface area contributed by atoms with Crippen molar-refractivity contribution in [3.05, 3.63) is 23.8 Å². The maximum absolute atomic E-state index is 11.7. The number of nitrogen functional groups attached to an aromatic ring is 1. The highest BCUT2D eigenvalue weighted by Crippen LogP contribution is 2.20. The highest BCUT2D eigenvalue weighted by molar-refractivity contribution is 5.96. The van der Waals surface area contributed by atoms with Gasteiger partial charge in [0.2, 0.25) is 0 Å². The van der Waals surface area contributed by atoms with Crippen LogP contribution in [0.2, 0.25) is 0 Å². The van der Waals surface area contributed by atoms with Gasteiger partial charge in [0.05, 0.1) is 11.4 Å². The topological polar surface area (TPSA) is 76.4 Å². The molecule has 0 aliphatic heterocycles. The molecule has 0 saturated carbocycles. The Morgan fingerprint density at radius 3 is 2.84 bits per heavy atom. The summed E-state index contributed by atoms with van der Waals surface area (Å²) < 4.78 is 4.99. The van der Waals surface area contributed by atoms with E-state index >= 15 is 0 Å². The van der Waals surface area contributed by atoms with E-state index in [1.807, 2.05) is 6.92 Å². The van der Waals surface area contributed by atoms with Crippen LogP contribution in [0.4, 0.5) is 11.4 Å². The van der Waals surface area contributed by atoms with Crippen LogP contribution in [-0.2, 0) is 4.74 Å². The van der Waals surface area contributed by atoms with E-state index < -0.39 is 0 Å². The second-order valence-corrected chi connectivity index (χ2v) is 4.29. The number of nitrogens with one attached hydrogen (secondary N) is 2. The number of amides is 1. The van der Waals surface area contributed by atoms with Gasteiger partial charge in [0.1, 0.15) is 0 Å². The van der Waals surface area contributed by atoms with Crippen LogP contribution >= 0.6 is 0 Å². The Balaban J connectivity index is 2.56. The molecule has 5 heteroatoms. The number of methoxy groups -OCH3 is 1. The second kappa shape index (κ2) is 8.37. The van der Waals surface area contributed by atoms with Crippen molar-refractivity contribution in [2.24, 2.45) is 0 Å². The van der Waals surface area contributed by atoms with Gasteiger partial charge in [-0.05, 0) is 38.0 Å². The van der Waals surface area contributed by atoms with Gasteiger partial charge in [-0.2, -0.15) is 0 Å². The minimum Gasteiger partial charge on any atom is -0.397 e. The molecule has 0 bridgehead atoms. The largest absolute Gasteiger partial charge is 0.397 e. The van der Waals surface area contributed by atoms with Crippen LogP contribution in [0.1, 0.15) is 30.1 Å². The number of rotatable bonds is 8. The molecule has 19 heavy (non-hydrogen) atoms. The zero-order valence-corrected chi connectivity index (χ0v) is 11.7. The summed E-state index contributed by atoms with van der Waals surface area (Å²) in [6, 6.07) is 5.27. The zero-order chi connectivity index (χ0) is 14.1. The number of anilines is 2. The predicted octanol–water partition coefficient (Wildman–Crippen LogP) is 1.86. The van der Waals surface area contributed by atoms with Crippen LogP contribution in [0, 0.1) is 0 Å². The summed E-state index contributed by atoms with van der Waals surface area (Å²) in [5.74, 6) is -0.0788. The first kappa shape index (κ1) is 15.3. The zero-order valence-electron chi connectivity index (χ0n) is 11.7. The molecular weight excluding hydrogens is 242 g/mol. The van der Waals surface area contributed by atoms with Crippen LogP contribution in [0.15, 0.2) is 18.2 Å². The van der Waals surface area contributed by atoms with E-state index in [1.165, 1.54) is 0 Å². The lowest BCUT2D eigenvalue weighted by molar-refractivity contribution is 0.0956. The van der Waals surface area contributed by atoms with Gasteiger partial charge in [-0.1, -0.05) is 0 Å². The third-order valence-corrected chi connectivity index (χ3v) is 2.74. The van der Waals surface area contributed by atoms with Crippen LogP contribution in [0.3, 0.4) is 0 Å². The number of hydrogen-bond donors (Lipinski definition) is 3. The normalized spacial score (nSPS) is 10.2. The molecule has 0 atom stereocenters. The van der Waals surface area contributed by atoms with Gasteiger partial charge < -0.3 is 21.1 Å². The van der Waals surface area contributed by atoms with Gasteiger partial charge in [0.25, 0.3) is 5.91 Å². The quantitative estimate of drug-likeness (QED) is 0.495. The molecule has 0 aliphatic rings. The highest BCUT2D eigenvalue weighted by atomic mass is 16.5. The van der Waals surface area contributed by atoms with E-state index in [2.05, 4.69) is 10.6 Å². The molecule has 5 nitrogen and oxygen atoms in total. The summed E-state index contributed by atoms with van der Waals surface area (Å²) in [6.07, 6.45) is 2.00. The van der Waals surface area contributed by atoms with E-state index in [0.717, 1.165) is 31.7 Å². The van der Waals surface area contributed by atoms with Crippen molar-refractivity contribution in [1.29, 1.82) is 0 Å². The molecule has 0 unspecified atom stereocenters. The lowest BCUT2D eigenvalue weighted by atomic mass is 10.1. The molecule has 1 amide bonds. The Bertz CT molecular complexity index is 408.